The van der Waals surface area contributed by atoms with E-state index in [2.05, 4.69) is 4.99 Å². The summed E-state index contributed by atoms with van der Waals surface area (Å²) < 4.78 is 18.7. The van der Waals surface area contributed by atoms with Crippen molar-refractivity contribution in [3.05, 3.63) is 35.6 Å². The van der Waals surface area contributed by atoms with Crippen LogP contribution in [0, 0.1) is 5.82 Å². The van der Waals surface area contributed by atoms with Crippen molar-refractivity contribution in [2.45, 2.75) is 6.04 Å². The molecule has 0 aliphatic carbocycles. The van der Waals surface area contributed by atoms with Gasteiger partial charge in [0, 0.05) is 19.2 Å². The number of ether oxygens (including phenoxy) is 1. The zero-order chi connectivity index (χ0) is 12.3. The van der Waals surface area contributed by atoms with Crippen LogP contribution in [0.25, 0.3) is 0 Å². The second-order valence-corrected chi connectivity index (χ2v) is 3.92. The third kappa shape index (κ3) is 2.39. The predicted molar refractivity (Wildman–Crippen MR) is 64.2 cm³/mol. The van der Waals surface area contributed by atoms with Crippen LogP contribution in [-0.2, 0) is 4.74 Å². The Morgan fingerprint density at radius 2 is 2.29 bits per heavy atom. The number of halogens is 1. The van der Waals surface area contributed by atoms with Crippen molar-refractivity contribution >= 4 is 5.96 Å². The molecule has 1 aromatic rings. The van der Waals surface area contributed by atoms with Gasteiger partial charge in [0.1, 0.15) is 5.82 Å². The molecule has 1 aliphatic rings. The van der Waals surface area contributed by atoms with E-state index in [4.69, 9.17) is 10.5 Å². The average molecular weight is 237 g/mol. The summed E-state index contributed by atoms with van der Waals surface area (Å²) in [5, 5.41) is 0. The SMILES string of the molecule is COCCN1C(N)=NCC1c1ccccc1F. The summed E-state index contributed by atoms with van der Waals surface area (Å²) >= 11 is 0. The largest absolute Gasteiger partial charge is 0.383 e. The number of nitrogens with two attached hydrogens (primary N) is 1. The van der Waals surface area contributed by atoms with Gasteiger partial charge in [-0.3, -0.25) is 4.99 Å². The van der Waals surface area contributed by atoms with Crippen molar-refractivity contribution in [2.24, 2.45) is 10.7 Å². The fraction of sp³-hybridized carbons (Fsp3) is 0.417. The maximum absolute atomic E-state index is 13.7. The summed E-state index contributed by atoms with van der Waals surface area (Å²) in [6.07, 6.45) is 0. The van der Waals surface area contributed by atoms with Crippen LogP contribution in [0.2, 0.25) is 0 Å². The molecule has 17 heavy (non-hydrogen) atoms. The lowest BCUT2D eigenvalue weighted by Crippen LogP contribution is -2.38. The lowest BCUT2D eigenvalue weighted by atomic mass is 10.1. The molecule has 0 fully saturated rings. The van der Waals surface area contributed by atoms with E-state index in [1.165, 1.54) is 6.07 Å². The highest BCUT2D eigenvalue weighted by atomic mass is 19.1. The molecule has 2 rings (SSSR count). The second-order valence-electron chi connectivity index (χ2n) is 3.92. The molecular weight excluding hydrogens is 221 g/mol. The van der Waals surface area contributed by atoms with Gasteiger partial charge in [0.25, 0.3) is 0 Å². The van der Waals surface area contributed by atoms with Crippen molar-refractivity contribution < 1.29 is 9.13 Å². The van der Waals surface area contributed by atoms with Crippen molar-refractivity contribution in [3.63, 3.8) is 0 Å². The summed E-state index contributed by atoms with van der Waals surface area (Å²) in [6, 6.07) is 6.61. The van der Waals surface area contributed by atoms with Gasteiger partial charge in [0.2, 0.25) is 0 Å². The Bertz CT molecular complexity index is 422. The van der Waals surface area contributed by atoms with Crippen LogP contribution in [0.15, 0.2) is 29.3 Å². The lowest BCUT2D eigenvalue weighted by molar-refractivity contribution is 0.166. The van der Waals surface area contributed by atoms with Gasteiger partial charge in [0.05, 0.1) is 19.2 Å². The van der Waals surface area contributed by atoms with E-state index in [1.54, 1.807) is 19.2 Å². The molecule has 2 N–H and O–H groups in total. The molecule has 1 atom stereocenters. The zero-order valence-corrected chi connectivity index (χ0v) is 9.77. The first kappa shape index (κ1) is 11.9. The van der Waals surface area contributed by atoms with E-state index < -0.39 is 0 Å². The fourth-order valence-corrected chi connectivity index (χ4v) is 2.00. The summed E-state index contributed by atoms with van der Waals surface area (Å²) in [5.41, 5.74) is 6.43. The minimum absolute atomic E-state index is 0.119. The van der Waals surface area contributed by atoms with Gasteiger partial charge in [-0.25, -0.2) is 4.39 Å². The normalized spacial score (nSPS) is 19.5. The molecule has 0 spiro atoms. The van der Waals surface area contributed by atoms with E-state index in [1.807, 2.05) is 11.0 Å². The van der Waals surface area contributed by atoms with Crippen molar-refractivity contribution in [2.75, 3.05) is 26.8 Å². The quantitative estimate of drug-likeness (QED) is 0.854. The smallest absolute Gasteiger partial charge is 0.192 e. The zero-order valence-electron chi connectivity index (χ0n) is 9.77. The first-order valence-electron chi connectivity index (χ1n) is 5.54. The topological polar surface area (TPSA) is 50.9 Å². The molecule has 0 radical (unpaired) electrons. The fourth-order valence-electron chi connectivity index (χ4n) is 2.00. The first-order valence-corrected chi connectivity index (χ1v) is 5.54. The molecular formula is C12H16FN3O. The molecule has 1 unspecified atom stereocenters. The van der Waals surface area contributed by atoms with Gasteiger partial charge in [-0.15, -0.1) is 0 Å². The summed E-state index contributed by atoms with van der Waals surface area (Å²) in [4.78, 5) is 6.04. The third-order valence-electron chi connectivity index (χ3n) is 2.90. The molecule has 1 aliphatic heterocycles. The predicted octanol–water partition coefficient (Wildman–Crippen LogP) is 1.14. The van der Waals surface area contributed by atoms with E-state index in [0.29, 0.717) is 31.2 Å². The van der Waals surface area contributed by atoms with Crippen molar-refractivity contribution in [1.82, 2.24) is 4.90 Å². The molecule has 0 amide bonds. The van der Waals surface area contributed by atoms with Gasteiger partial charge >= 0.3 is 0 Å². The number of aliphatic imine (C=N–C) groups is 1. The number of hydrogen-bond acceptors (Lipinski definition) is 4. The van der Waals surface area contributed by atoms with Gasteiger partial charge in [-0.1, -0.05) is 18.2 Å². The number of rotatable bonds is 4. The molecule has 1 aromatic carbocycles. The van der Waals surface area contributed by atoms with E-state index in [9.17, 15) is 4.39 Å². The number of hydrogen-bond donors (Lipinski definition) is 1. The highest BCUT2D eigenvalue weighted by Gasteiger charge is 2.28. The van der Waals surface area contributed by atoms with Gasteiger partial charge < -0.3 is 15.4 Å². The third-order valence-corrected chi connectivity index (χ3v) is 2.90. The van der Waals surface area contributed by atoms with Crippen molar-refractivity contribution in [1.29, 1.82) is 0 Å². The Balaban J connectivity index is 2.18. The molecule has 1 heterocycles. The molecule has 92 valence electrons. The minimum Gasteiger partial charge on any atom is -0.383 e. The minimum atomic E-state index is -0.218. The Hall–Kier alpha value is -1.62. The Morgan fingerprint density at radius 1 is 1.53 bits per heavy atom. The second kappa shape index (κ2) is 5.14. The molecule has 0 bridgehead atoms. The highest BCUT2D eigenvalue weighted by molar-refractivity contribution is 5.80. The Kier molecular flexibility index (Phi) is 3.58. The highest BCUT2D eigenvalue weighted by Crippen LogP contribution is 2.26. The number of guanidine groups is 1. The van der Waals surface area contributed by atoms with Crippen LogP contribution in [0.1, 0.15) is 11.6 Å². The summed E-state index contributed by atoms with van der Waals surface area (Å²) in [6.45, 7) is 1.66. The van der Waals surface area contributed by atoms with E-state index in [-0.39, 0.29) is 11.9 Å². The van der Waals surface area contributed by atoms with Crippen LogP contribution in [0.4, 0.5) is 4.39 Å². The number of methoxy groups -OCH3 is 1. The molecule has 0 saturated heterocycles. The maximum Gasteiger partial charge on any atom is 0.192 e. The molecule has 5 heteroatoms. The van der Waals surface area contributed by atoms with Crippen LogP contribution < -0.4 is 5.73 Å². The average Bonchev–Trinajstić information content (AvgIpc) is 2.69. The molecule has 0 aromatic heterocycles. The van der Waals surface area contributed by atoms with Crippen LogP contribution in [0.3, 0.4) is 0 Å². The molecule has 0 saturated carbocycles. The summed E-state index contributed by atoms with van der Waals surface area (Å²) in [5.74, 6) is 0.236. The first-order chi connectivity index (χ1) is 8.24. The van der Waals surface area contributed by atoms with Crippen LogP contribution >= 0.6 is 0 Å². The Labute approximate surface area is 99.9 Å². The van der Waals surface area contributed by atoms with Crippen LogP contribution in [-0.4, -0.2) is 37.7 Å². The number of nitrogens with zero attached hydrogens (tertiary/aromatic N) is 2. The standard InChI is InChI=1S/C12H16FN3O/c1-17-7-6-16-11(8-15-12(16)14)9-4-2-3-5-10(9)13/h2-5,11H,6-8H2,1H3,(H2,14,15). The monoisotopic (exact) mass is 237 g/mol. The number of benzene rings is 1. The van der Waals surface area contributed by atoms with Gasteiger partial charge in [0.15, 0.2) is 5.96 Å². The van der Waals surface area contributed by atoms with Gasteiger partial charge in [-0.05, 0) is 6.07 Å². The maximum atomic E-state index is 13.7. The van der Waals surface area contributed by atoms with Gasteiger partial charge in [-0.2, -0.15) is 0 Å². The van der Waals surface area contributed by atoms with E-state index >= 15 is 0 Å². The van der Waals surface area contributed by atoms with E-state index in [0.717, 1.165) is 0 Å². The Morgan fingerprint density at radius 3 is 3.00 bits per heavy atom. The lowest BCUT2D eigenvalue weighted by Gasteiger charge is -2.26. The van der Waals surface area contributed by atoms with Crippen LogP contribution in [0.5, 0.6) is 0 Å². The molecule has 4 nitrogen and oxygen atoms in total. The summed E-state index contributed by atoms with van der Waals surface area (Å²) in [7, 11) is 1.63. The van der Waals surface area contributed by atoms with Crippen molar-refractivity contribution in [3.8, 4) is 0 Å².